The molecular weight excluding hydrogens is 106 g/mol. The van der Waals surface area contributed by atoms with Crippen LogP contribution in [0, 0.1) is 0 Å². The fraction of sp³-hybridized carbons (Fsp3) is 0.800. The second-order valence-electron chi connectivity index (χ2n) is 1.70. The monoisotopic (exact) mass is 117 g/mol. The fourth-order valence-electron chi connectivity index (χ4n) is 0.269. The summed E-state index contributed by atoms with van der Waals surface area (Å²) >= 11 is 4.49. The molecule has 0 rings (SSSR count). The van der Waals surface area contributed by atoms with Gasteiger partial charge in [-0.2, -0.15) is 0 Å². The van der Waals surface area contributed by atoms with E-state index in [4.69, 9.17) is 0 Å². The van der Waals surface area contributed by atoms with E-state index in [-0.39, 0.29) is 1.43 Å². The van der Waals surface area contributed by atoms with Crippen LogP contribution in [-0.4, -0.2) is 30.9 Å². The largest absolute Gasteiger partial charge is 1.00 e. The lowest BCUT2D eigenvalue weighted by molar-refractivity contribution is 0.424. The molecule has 41 valence electrons. The van der Waals surface area contributed by atoms with Crippen molar-refractivity contribution in [2.45, 2.75) is 6.42 Å². The van der Waals surface area contributed by atoms with Gasteiger partial charge in [0.15, 0.2) is 0 Å². The van der Waals surface area contributed by atoms with Crippen molar-refractivity contribution < 1.29 is 1.43 Å². The van der Waals surface area contributed by atoms with Gasteiger partial charge < -0.3 is 4.90 Å². The van der Waals surface area contributed by atoms with Crippen LogP contribution in [0.25, 0.3) is 0 Å². The summed E-state index contributed by atoms with van der Waals surface area (Å²) in [4.78, 5) is 2.08. The molecule has 0 N–H and O–H groups in total. The van der Waals surface area contributed by atoms with E-state index in [1.165, 1.54) is 0 Å². The third-order valence-electron chi connectivity index (χ3n) is 0.661. The van der Waals surface area contributed by atoms with Gasteiger partial charge in [-0.3, -0.25) is 0 Å². The highest BCUT2D eigenvalue weighted by Gasteiger charge is 1.82. The van der Waals surface area contributed by atoms with Gasteiger partial charge in [-0.15, -0.1) is 0 Å². The Hall–Kier alpha value is 0.0500. The van der Waals surface area contributed by atoms with Crippen LogP contribution in [0.1, 0.15) is 7.85 Å². The zero-order chi connectivity index (χ0) is 5.70. The van der Waals surface area contributed by atoms with E-state index in [2.05, 4.69) is 22.5 Å². The summed E-state index contributed by atoms with van der Waals surface area (Å²) in [6, 6.07) is 0. The molecule has 0 atom stereocenters. The van der Waals surface area contributed by atoms with Gasteiger partial charge in [0.05, 0.1) is 0 Å². The van der Waals surface area contributed by atoms with E-state index in [0.29, 0.717) is 0 Å². The molecule has 0 aliphatic rings. The molecule has 0 unspecified atom stereocenters. The fourth-order valence-corrected chi connectivity index (χ4v) is 0.361. The lowest BCUT2D eigenvalue weighted by Gasteiger charge is -2.03. The first-order valence-electron chi connectivity index (χ1n) is 2.27. The molecule has 7 heavy (non-hydrogen) atoms. The first kappa shape index (κ1) is 7.05. The van der Waals surface area contributed by atoms with Crippen molar-refractivity contribution in [3.8, 4) is 0 Å². The molecule has 0 aliphatic carbocycles. The van der Waals surface area contributed by atoms with Crippen LogP contribution in [-0.2, 0) is 0 Å². The van der Waals surface area contributed by atoms with Crippen molar-refractivity contribution in [2.75, 3.05) is 20.6 Å². The summed E-state index contributed by atoms with van der Waals surface area (Å²) in [5.41, 5.74) is 0. The molecule has 0 spiro atoms. The summed E-state index contributed by atoms with van der Waals surface area (Å²) in [5, 5.41) is 2.64. The molecule has 2 heteroatoms. The summed E-state index contributed by atoms with van der Waals surface area (Å²) in [5.74, 6) is 0. The molecule has 1 radical (unpaired) electrons. The topological polar surface area (TPSA) is 3.24 Å². The molecular formula is C5H11NS+. The molecule has 1 nitrogen and oxygen atoms in total. The van der Waals surface area contributed by atoms with Gasteiger partial charge in [0.25, 0.3) is 0 Å². The van der Waals surface area contributed by atoms with Crippen LogP contribution in [0.15, 0.2) is 0 Å². The van der Waals surface area contributed by atoms with E-state index in [1.807, 2.05) is 14.1 Å². The highest BCUT2D eigenvalue weighted by molar-refractivity contribution is 7.78. The smallest absolute Gasteiger partial charge is 0.309 e. The minimum atomic E-state index is 0. The van der Waals surface area contributed by atoms with Gasteiger partial charge in [-0.1, -0.05) is 12.2 Å². The maximum Gasteiger partial charge on any atom is 1.00 e. The molecule has 0 aromatic rings. The van der Waals surface area contributed by atoms with Crippen LogP contribution < -0.4 is 0 Å². The second-order valence-corrected chi connectivity index (χ2v) is 1.99. The van der Waals surface area contributed by atoms with E-state index in [9.17, 15) is 0 Å². The predicted molar refractivity (Wildman–Crippen MR) is 36.9 cm³/mol. The van der Waals surface area contributed by atoms with Crippen LogP contribution in [0.3, 0.4) is 0 Å². The first-order chi connectivity index (χ1) is 3.27. The van der Waals surface area contributed by atoms with Gasteiger partial charge in [0.2, 0.25) is 0 Å². The first-order valence-corrected chi connectivity index (χ1v) is 2.68. The third kappa shape index (κ3) is 6.05. The minimum Gasteiger partial charge on any atom is -0.309 e. The Morgan fingerprint density at radius 3 is 2.43 bits per heavy atom. The number of nitrogens with zero attached hydrogens (tertiary/aromatic N) is 1. The summed E-state index contributed by atoms with van der Waals surface area (Å²) < 4.78 is 0. The van der Waals surface area contributed by atoms with E-state index >= 15 is 0 Å². The average Bonchev–Trinajstić information content (AvgIpc) is 1.61. The Labute approximate surface area is 51.8 Å². The zero-order valence-electron chi connectivity index (χ0n) is 5.77. The minimum absolute atomic E-state index is 0. The quantitative estimate of drug-likeness (QED) is 0.506. The molecule has 0 amide bonds. The van der Waals surface area contributed by atoms with Crippen molar-refractivity contribution in [1.82, 2.24) is 4.90 Å². The SMILES string of the molecule is CN(C)CC[C]=S.[H+]. The zero-order valence-corrected chi connectivity index (χ0v) is 5.59. The van der Waals surface area contributed by atoms with Crippen molar-refractivity contribution >= 4 is 17.6 Å². The standard InChI is InChI=1S/C5H10NS/c1-6(2)4-3-5-7/h3-4H2,1-2H3/p+1. The van der Waals surface area contributed by atoms with Crippen molar-refractivity contribution in [3.63, 3.8) is 0 Å². The van der Waals surface area contributed by atoms with Crippen LogP contribution in [0.4, 0.5) is 0 Å². The van der Waals surface area contributed by atoms with Gasteiger partial charge in [0, 0.05) is 11.9 Å². The number of hydrogen-bond donors (Lipinski definition) is 0. The Bertz CT molecular complexity index is 56.4. The van der Waals surface area contributed by atoms with Crippen molar-refractivity contribution in [3.05, 3.63) is 0 Å². The van der Waals surface area contributed by atoms with Crippen LogP contribution in [0.2, 0.25) is 0 Å². The molecule has 0 saturated carbocycles. The maximum absolute atomic E-state index is 4.49. The summed E-state index contributed by atoms with van der Waals surface area (Å²) in [6.45, 7) is 1.02. The Kier molecular flexibility index (Phi) is 4.25. The molecule has 0 aromatic heterocycles. The van der Waals surface area contributed by atoms with Gasteiger partial charge in [0.1, 0.15) is 0 Å². The Balaban J connectivity index is 0. The van der Waals surface area contributed by atoms with Crippen molar-refractivity contribution in [2.24, 2.45) is 0 Å². The lowest BCUT2D eigenvalue weighted by Crippen LogP contribution is -2.12. The van der Waals surface area contributed by atoms with Gasteiger partial charge in [-0.25, -0.2) is 0 Å². The van der Waals surface area contributed by atoms with Gasteiger partial charge >= 0.3 is 1.43 Å². The number of hydrogen-bond acceptors (Lipinski definition) is 2. The number of thiocarbonyl (C=S) groups is 1. The molecule has 0 aliphatic heterocycles. The predicted octanol–water partition coefficient (Wildman–Crippen LogP) is 0.927. The molecule has 0 aromatic carbocycles. The van der Waals surface area contributed by atoms with E-state index in [1.54, 1.807) is 0 Å². The molecule has 0 fully saturated rings. The molecule has 0 bridgehead atoms. The Morgan fingerprint density at radius 1 is 1.71 bits per heavy atom. The molecule has 0 heterocycles. The highest BCUT2D eigenvalue weighted by Crippen LogP contribution is 1.76. The van der Waals surface area contributed by atoms with Crippen LogP contribution >= 0.6 is 12.2 Å². The number of rotatable bonds is 3. The highest BCUT2D eigenvalue weighted by atomic mass is 32.1. The average molecular weight is 117 g/mol. The van der Waals surface area contributed by atoms with Gasteiger partial charge in [-0.05, 0) is 20.5 Å². The lowest BCUT2D eigenvalue weighted by atomic mass is 10.5. The molecule has 0 saturated heterocycles. The van der Waals surface area contributed by atoms with E-state index < -0.39 is 0 Å². The maximum atomic E-state index is 4.49. The third-order valence-corrected chi connectivity index (χ3v) is 0.865. The Morgan fingerprint density at radius 2 is 2.29 bits per heavy atom. The summed E-state index contributed by atoms with van der Waals surface area (Å²) in [6.07, 6.45) is 0.891. The summed E-state index contributed by atoms with van der Waals surface area (Å²) in [7, 11) is 4.04. The second kappa shape index (κ2) is 4.22. The van der Waals surface area contributed by atoms with Crippen LogP contribution in [0.5, 0.6) is 0 Å². The van der Waals surface area contributed by atoms with E-state index in [0.717, 1.165) is 13.0 Å². The normalized spacial score (nSPS) is 9.57. The van der Waals surface area contributed by atoms with Crippen molar-refractivity contribution in [1.29, 1.82) is 0 Å².